The van der Waals surface area contributed by atoms with Crippen molar-refractivity contribution in [3.8, 4) is 22.5 Å². The molecule has 5 heteroatoms. The number of hydrogen-bond donors (Lipinski definition) is 0. The van der Waals surface area contributed by atoms with Gasteiger partial charge in [-0.2, -0.15) is 0 Å². The number of benzene rings is 2. The third kappa shape index (κ3) is 8.02. The molecule has 0 atom stereocenters. The molecule has 0 unspecified atom stereocenters. The molecule has 0 radical (unpaired) electrons. The van der Waals surface area contributed by atoms with Crippen LogP contribution in [0.5, 0.6) is 0 Å². The molecule has 2 nitrogen and oxygen atoms in total. The van der Waals surface area contributed by atoms with Crippen LogP contribution in [0.1, 0.15) is 0 Å². The Bertz CT molecular complexity index is 711. The molecule has 0 aliphatic carbocycles. The van der Waals surface area contributed by atoms with Gasteiger partial charge in [0, 0.05) is 23.5 Å². The van der Waals surface area contributed by atoms with Crippen LogP contribution in [0.25, 0.3) is 22.5 Å². The van der Waals surface area contributed by atoms with Crippen LogP contribution in [0, 0.1) is 0 Å². The summed E-state index contributed by atoms with van der Waals surface area (Å²) >= 11 is -0.556. The zero-order valence-electron chi connectivity index (χ0n) is 14.4. The van der Waals surface area contributed by atoms with Crippen LogP contribution in [0.3, 0.4) is 0 Å². The van der Waals surface area contributed by atoms with Crippen LogP contribution in [0.4, 0.5) is 0 Å². The van der Waals surface area contributed by atoms with Crippen molar-refractivity contribution in [2.75, 3.05) is 0 Å². The van der Waals surface area contributed by atoms with Gasteiger partial charge in [0.2, 0.25) is 0 Å². The van der Waals surface area contributed by atoms with E-state index in [1.165, 1.54) is 0 Å². The Labute approximate surface area is 176 Å². The van der Waals surface area contributed by atoms with Gasteiger partial charge in [0.1, 0.15) is 0 Å². The minimum Gasteiger partial charge on any atom is -0.256 e. The SMILES string of the molecule is [Cl][Ir][Cl].c1ccc(-c2ccccn2)cc1.c1ccc(-c2ccccn2)cc1. The normalized spacial score (nSPS) is 9.41. The predicted molar refractivity (Wildman–Crippen MR) is 111 cm³/mol. The number of rotatable bonds is 2. The van der Waals surface area contributed by atoms with Crippen molar-refractivity contribution in [2.24, 2.45) is 0 Å². The number of hydrogen-bond acceptors (Lipinski definition) is 2. The molecular weight excluding hydrogens is 555 g/mol. The van der Waals surface area contributed by atoms with E-state index in [0.29, 0.717) is 0 Å². The van der Waals surface area contributed by atoms with Gasteiger partial charge < -0.3 is 0 Å². The van der Waals surface area contributed by atoms with Crippen molar-refractivity contribution in [1.29, 1.82) is 0 Å². The maximum Gasteiger partial charge on any atom is 0.0701 e. The largest absolute Gasteiger partial charge is 0.256 e. The maximum absolute atomic E-state index is 4.89. The average molecular weight is 574 g/mol. The van der Waals surface area contributed by atoms with Gasteiger partial charge in [0.05, 0.1) is 11.4 Å². The molecule has 0 amide bonds. The quantitative estimate of drug-likeness (QED) is 0.262. The molecule has 2 aromatic carbocycles. The Kier molecular flexibility index (Phi) is 10.4. The standard InChI is InChI=1S/2C11H9N.2ClH.Ir/c2*1-2-6-10(7-3-1)11-8-4-5-9-12-11;;;/h2*1-9H;2*1H;/q;;;;+2/p-2. The van der Waals surface area contributed by atoms with Gasteiger partial charge in [-0.15, -0.1) is 0 Å². The molecule has 0 aliphatic rings. The van der Waals surface area contributed by atoms with Crippen molar-refractivity contribution < 1.29 is 15.7 Å². The summed E-state index contributed by atoms with van der Waals surface area (Å²) in [6.45, 7) is 0. The molecular formula is C22H18Cl2IrN2. The van der Waals surface area contributed by atoms with E-state index in [1.54, 1.807) is 0 Å². The molecule has 0 bridgehead atoms. The Morgan fingerprint density at radius 1 is 0.481 bits per heavy atom. The van der Waals surface area contributed by atoms with E-state index in [4.69, 9.17) is 19.2 Å². The first-order valence-corrected chi connectivity index (χ1v) is 14.0. The van der Waals surface area contributed by atoms with Gasteiger partial charge in [-0.1, -0.05) is 72.8 Å². The Morgan fingerprint density at radius 3 is 1.11 bits per heavy atom. The summed E-state index contributed by atoms with van der Waals surface area (Å²) in [6, 6.07) is 32.2. The Morgan fingerprint density at radius 2 is 0.815 bits per heavy atom. The first kappa shape index (κ1) is 21.3. The van der Waals surface area contributed by atoms with Gasteiger partial charge >= 0.3 is 34.8 Å². The van der Waals surface area contributed by atoms with Crippen molar-refractivity contribution in [3.05, 3.63) is 109 Å². The van der Waals surface area contributed by atoms with Gasteiger partial charge in [-0.3, -0.25) is 9.97 Å². The van der Waals surface area contributed by atoms with Crippen LogP contribution in [-0.4, -0.2) is 9.97 Å². The monoisotopic (exact) mass is 573 g/mol. The minimum atomic E-state index is -0.556. The van der Waals surface area contributed by atoms with Gasteiger partial charge in [0.15, 0.2) is 0 Å². The smallest absolute Gasteiger partial charge is 0.0701 e. The van der Waals surface area contributed by atoms with E-state index in [-0.39, 0.29) is 0 Å². The molecule has 0 aliphatic heterocycles. The summed E-state index contributed by atoms with van der Waals surface area (Å²) in [7, 11) is 9.78. The minimum absolute atomic E-state index is 0.556. The number of aromatic nitrogens is 2. The second kappa shape index (κ2) is 13.2. The number of halogens is 2. The number of nitrogens with zero attached hydrogens (tertiary/aromatic N) is 2. The van der Waals surface area contributed by atoms with E-state index in [2.05, 4.69) is 34.2 Å². The summed E-state index contributed by atoms with van der Waals surface area (Å²) in [5.74, 6) is 0. The van der Waals surface area contributed by atoms with Crippen LogP contribution in [-0.2, 0) is 15.7 Å². The first-order valence-electron chi connectivity index (χ1n) is 8.11. The second-order valence-corrected chi connectivity index (χ2v) is 8.67. The summed E-state index contributed by atoms with van der Waals surface area (Å²) in [6.07, 6.45) is 3.62. The second-order valence-electron chi connectivity index (χ2n) is 5.21. The van der Waals surface area contributed by atoms with Crippen molar-refractivity contribution in [3.63, 3.8) is 0 Å². The maximum atomic E-state index is 4.89. The van der Waals surface area contributed by atoms with Gasteiger partial charge in [0.25, 0.3) is 0 Å². The zero-order valence-corrected chi connectivity index (χ0v) is 18.3. The van der Waals surface area contributed by atoms with E-state index >= 15 is 0 Å². The molecule has 139 valence electrons. The van der Waals surface area contributed by atoms with Crippen molar-refractivity contribution in [1.82, 2.24) is 9.97 Å². The fourth-order valence-electron chi connectivity index (χ4n) is 2.28. The van der Waals surface area contributed by atoms with Crippen LogP contribution >= 0.6 is 19.2 Å². The summed E-state index contributed by atoms with van der Waals surface area (Å²) in [5, 5.41) is 0. The fraction of sp³-hybridized carbons (Fsp3) is 0. The van der Waals surface area contributed by atoms with Gasteiger partial charge in [-0.25, -0.2) is 0 Å². The summed E-state index contributed by atoms with van der Waals surface area (Å²) in [4.78, 5) is 8.50. The molecule has 0 fully saturated rings. The predicted octanol–water partition coefficient (Wildman–Crippen LogP) is 6.87. The molecule has 2 heterocycles. The fourth-order valence-corrected chi connectivity index (χ4v) is 2.28. The molecule has 0 N–H and O–H groups in total. The topological polar surface area (TPSA) is 25.8 Å². The molecule has 4 rings (SSSR count). The molecule has 4 aromatic rings. The average Bonchev–Trinajstić information content (AvgIpc) is 2.77. The van der Waals surface area contributed by atoms with E-state index in [0.717, 1.165) is 22.5 Å². The molecule has 0 saturated carbocycles. The summed E-state index contributed by atoms with van der Waals surface area (Å²) < 4.78 is 0. The number of pyridine rings is 2. The molecule has 0 spiro atoms. The molecule has 2 aromatic heterocycles. The first-order chi connectivity index (χ1) is 13.3. The van der Waals surface area contributed by atoms with E-state index in [1.807, 2.05) is 85.2 Å². The van der Waals surface area contributed by atoms with E-state index < -0.39 is 15.7 Å². The van der Waals surface area contributed by atoms with Crippen LogP contribution in [0.2, 0.25) is 0 Å². The third-order valence-corrected chi connectivity index (χ3v) is 3.47. The Hall–Kier alpha value is -2.03. The van der Waals surface area contributed by atoms with Crippen LogP contribution in [0.15, 0.2) is 109 Å². The van der Waals surface area contributed by atoms with Crippen LogP contribution < -0.4 is 0 Å². The van der Waals surface area contributed by atoms with Crippen molar-refractivity contribution >= 4 is 19.2 Å². The molecule has 27 heavy (non-hydrogen) atoms. The molecule has 0 saturated heterocycles. The van der Waals surface area contributed by atoms with Crippen molar-refractivity contribution in [2.45, 2.75) is 0 Å². The van der Waals surface area contributed by atoms with E-state index in [9.17, 15) is 0 Å². The zero-order chi connectivity index (χ0) is 19.2. The Balaban J connectivity index is 0.000000170. The van der Waals surface area contributed by atoms with Gasteiger partial charge in [-0.05, 0) is 24.3 Å². The summed E-state index contributed by atoms with van der Waals surface area (Å²) in [5.41, 5.74) is 4.38. The third-order valence-electron chi connectivity index (χ3n) is 3.47.